The van der Waals surface area contributed by atoms with Crippen LogP contribution in [0, 0.1) is 13.8 Å². The first-order valence-electron chi connectivity index (χ1n) is 5.44. The SMILES string of the molecule is Cc1ccc(C(O)Cc2cccs2)cc1C. The summed E-state index contributed by atoms with van der Waals surface area (Å²) in [5.74, 6) is 0. The summed E-state index contributed by atoms with van der Waals surface area (Å²) >= 11 is 1.69. The Balaban J connectivity index is 2.14. The summed E-state index contributed by atoms with van der Waals surface area (Å²) in [5, 5.41) is 12.2. The lowest BCUT2D eigenvalue weighted by Crippen LogP contribution is -2.01. The summed E-state index contributed by atoms with van der Waals surface area (Å²) in [6.45, 7) is 4.17. The molecule has 2 heteroatoms. The Morgan fingerprint density at radius 2 is 2.00 bits per heavy atom. The normalized spacial score (nSPS) is 12.7. The third kappa shape index (κ3) is 2.52. The van der Waals surface area contributed by atoms with Gasteiger partial charge in [-0.1, -0.05) is 24.3 Å². The number of rotatable bonds is 3. The first-order chi connectivity index (χ1) is 7.66. The van der Waals surface area contributed by atoms with E-state index in [9.17, 15) is 5.11 Å². The fourth-order valence-electron chi connectivity index (χ4n) is 1.71. The molecule has 0 saturated carbocycles. The molecule has 0 radical (unpaired) electrons. The van der Waals surface area contributed by atoms with Gasteiger partial charge in [0.05, 0.1) is 6.10 Å². The van der Waals surface area contributed by atoms with Crippen LogP contribution in [0.5, 0.6) is 0 Å². The smallest absolute Gasteiger partial charge is 0.0838 e. The Hall–Kier alpha value is -1.12. The molecule has 0 amide bonds. The highest BCUT2D eigenvalue weighted by molar-refractivity contribution is 7.09. The maximum atomic E-state index is 10.1. The van der Waals surface area contributed by atoms with Gasteiger partial charge in [-0.15, -0.1) is 11.3 Å². The molecule has 0 fully saturated rings. The molecule has 1 aromatic heterocycles. The predicted octanol–water partition coefficient (Wildman–Crippen LogP) is 3.64. The van der Waals surface area contributed by atoms with Crippen LogP contribution in [-0.2, 0) is 6.42 Å². The van der Waals surface area contributed by atoms with Gasteiger partial charge < -0.3 is 5.11 Å². The minimum atomic E-state index is -0.391. The van der Waals surface area contributed by atoms with Gasteiger partial charge in [0.2, 0.25) is 0 Å². The van der Waals surface area contributed by atoms with E-state index in [1.807, 2.05) is 17.5 Å². The Morgan fingerprint density at radius 3 is 2.62 bits per heavy atom. The fraction of sp³-hybridized carbons (Fsp3) is 0.286. The summed E-state index contributed by atoms with van der Waals surface area (Å²) in [5.41, 5.74) is 3.52. The zero-order chi connectivity index (χ0) is 11.5. The number of hydrogen-bond acceptors (Lipinski definition) is 2. The van der Waals surface area contributed by atoms with Crippen LogP contribution >= 0.6 is 11.3 Å². The molecule has 1 unspecified atom stereocenters. The van der Waals surface area contributed by atoms with Crippen molar-refractivity contribution in [2.24, 2.45) is 0 Å². The second kappa shape index (κ2) is 4.81. The maximum absolute atomic E-state index is 10.1. The van der Waals surface area contributed by atoms with Crippen molar-refractivity contribution in [2.45, 2.75) is 26.4 Å². The molecule has 16 heavy (non-hydrogen) atoms. The molecule has 2 rings (SSSR count). The third-order valence-corrected chi connectivity index (χ3v) is 3.79. The van der Waals surface area contributed by atoms with Crippen molar-refractivity contribution < 1.29 is 5.11 Å². The first kappa shape index (κ1) is 11.4. The number of hydrogen-bond donors (Lipinski definition) is 1. The lowest BCUT2D eigenvalue weighted by Gasteiger charge is -2.11. The minimum absolute atomic E-state index is 0.391. The molecule has 1 nitrogen and oxygen atoms in total. The zero-order valence-corrected chi connectivity index (χ0v) is 10.4. The number of aryl methyl sites for hydroxylation is 2. The van der Waals surface area contributed by atoms with Crippen molar-refractivity contribution in [1.82, 2.24) is 0 Å². The molecule has 0 saturated heterocycles. The van der Waals surface area contributed by atoms with E-state index < -0.39 is 6.10 Å². The van der Waals surface area contributed by atoms with Crippen molar-refractivity contribution >= 4 is 11.3 Å². The van der Waals surface area contributed by atoms with Gasteiger partial charge in [-0.05, 0) is 42.0 Å². The van der Waals surface area contributed by atoms with E-state index in [1.165, 1.54) is 16.0 Å². The van der Waals surface area contributed by atoms with Gasteiger partial charge >= 0.3 is 0 Å². The quantitative estimate of drug-likeness (QED) is 0.856. The molecular formula is C14H16OS. The summed E-state index contributed by atoms with van der Waals surface area (Å²) in [7, 11) is 0. The van der Waals surface area contributed by atoms with Gasteiger partial charge in [0, 0.05) is 11.3 Å². The molecule has 1 aromatic carbocycles. The number of benzene rings is 1. The van der Waals surface area contributed by atoms with Gasteiger partial charge in [0.25, 0.3) is 0 Å². The molecule has 0 aliphatic heterocycles. The van der Waals surface area contributed by atoms with E-state index in [0.29, 0.717) is 6.42 Å². The van der Waals surface area contributed by atoms with E-state index in [2.05, 4.69) is 32.0 Å². The van der Waals surface area contributed by atoms with Crippen molar-refractivity contribution in [1.29, 1.82) is 0 Å². The Kier molecular flexibility index (Phi) is 3.42. The topological polar surface area (TPSA) is 20.2 Å². The van der Waals surface area contributed by atoms with E-state index in [0.717, 1.165) is 5.56 Å². The second-order valence-electron chi connectivity index (χ2n) is 4.14. The number of aliphatic hydroxyl groups is 1. The molecular weight excluding hydrogens is 216 g/mol. The summed E-state index contributed by atoms with van der Waals surface area (Å²) < 4.78 is 0. The van der Waals surface area contributed by atoms with Crippen LogP contribution in [0.25, 0.3) is 0 Å². The van der Waals surface area contributed by atoms with Gasteiger partial charge in [-0.2, -0.15) is 0 Å². The monoisotopic (exact) mass is 232 g/mol. The first-order valence-corrected chi connectivity index (χ1v) is 6.32. The molecule has 84 valence electrons. The van der Waals surface area contributed by atoms with Crippen LogP contribution in [0.2, 0.25) is 0 Å². The van der Waals surface area contributed by atoms with Crippen LogP contribution in [0.4, 0.5) is 0 Å². The zero-order valence-electron chi connectivity index (χ0n) is 9.60. The maximum Gasteiger partial charge on any atom is 0.0838 e. The molecule has 1 heterocycles. The molecule has 2 aromatic rings. The number of thiophene rings is 1. The van der Waals surface area contributed by atoms with Crippen LogP contribution in [0.15, 0.2) is 35.7 Å². The fourth-order valence-corrected chi connectivity index (χ4v) is 2.45. The molecule has 1 N–H and O–H groups in total. The van der Waals surface area contributed by atoms with Gasteiger partial charge in [0.1, 0.15) is 0 Å². The van der Waals surface area contributed by atoms with Crippen LogP contribution in [-0.4, -0.2) is 5.11 Å². The number of aliphatic hydroxyl groups excluding tert-OH is 1. The van der Waals surface area contributed by atoms with Crippen LogP contribution < -0.4 is 0 Å². The van der Waals surface area contributed by atoms with Crippen molar-refractivity contribution in [2.75, 3.05) is 0 Å². The second-order valence-corrected chi connectivity index (χ2v) is 5.18. The lowest BCUT2D eigenvalue weighted by atomic mass is 10.0. The largest absolute Gasteiger partial charge is 0.388 e. The lowest BCUT2D eigenvalue weighted by molar-refractivity contribution is 0.179. The molecule has 0 aliphatic rings. The standard InChI is InChI=1S/C14H16OS/c1-10-5-6-12(8-11(10)2)14(15)9-13-4-3-7-16-13/h3-8,14-15H,9H2,1-2H3. The van der Waals surface area contributed by atoms with Gasteiger partial charge in [-0.25, -0.2) is 0 Å². The van der Waals surface area contributed by atoms with E-state index >= 15 is 0 Å². The van der Waals surface area contributed by atoms with Crippen molar-refractivity contribution in [3.63, 3.8) is 0 Å². The third-order valence-electron chi connectivity index (χ3n) is 2.89. The van der Waals surface area contributed by atoms with Crippen molar-refractivity contribution in [3.05, 3.63) is 57.3 Å². The molecule has 0 spiro atoms. The average molecular weight is 232 g/mol. The molecule has 0 aliphatic carbocycles. The Morgan fingerprint density at radius 1 is 1.19 bits per heavy atom. The Bertz CT molecular complexity index is 460. The summed E-state index contributed by atoms with van der Waals surface area (Å²) in [6, 6.07) is 10.2. The van der Waals surface area contributed by atoms with Crippen LogP contribution in [0.1, 0.15) is 27.7 Å². The average Bonchev–Trinajstić information content (AvgIpc) is 2.74. The van der Waals surface area contributed by atoms with Crippen molar-refractivity contribution in [3.8, 4) is 0 Å². The Labute approximate surface area is 100 Å². The summed E-state index contributed by atoms with van der Waals surface area (Å²) in [6.07, 6.45) is 0.318. The summed E-state index contributed by atoms with van der Waals surface area (Å²) in [4.78, 5) is 1.23. The molecule has 1 atom stereocenters. The highest BCUT2D eigenvalue weighted by Gasteiger charge is 2.09. The van der Waals surface area contributed by atoms with E-state index in [-0.39, 0.29) is 0 Å². The van der Waals surface area contributed by atoms with Gasteiger partial charge in [-0.3, -0.25) is 0 Å². The highest BCUT2D eigenvalue weighted by Crippen LogP contribution is 2.22. The highest BCUT2D eigenvalue weighted by atomic mass is 32.1. The molecule has 0 bridgehead atoms. The van der Waals surface area contributed by atoms with E-state index in [1.54, 1.807) is 11.3 Å². The predicted molar refractivity (Wildman–Crippen MR) is 68.9 cm³/mol. The minimum Gasteiger partial charge on any atom is -0.388 e. The van der Waals surface area contributed by atoms with E-state index in [4.69, 9.17) is 0 Å². The van der Waals surface area contributed by atoms with Crippen LogP contribution in [0.3, 0.4) is 0 Å². The van der Waals surface area contributed by atoms with Gasteiger partial charge in [0.15, 0.2) is 0 Å².